The van der Waals surface area contributed by atoms with Gasteiger partial charge in [0.05, 0.1) is 20.8 Å². The molecule has 2 heterocycles. The molecule has 1 aliphatic rings. The normalized spacial score (nSPS) is 18.9. The number of alkyl halides is 1. The molecule has 0 radical (unpaired) electrons. The first-order valence-corrected chi connectivity index (χ1v) is 13.0. The summed E-state index contributed by atoms with van der Waals surface area (Å²) in [5.41, 5.74) is 0.520. The van der Waals surface area contributed by atoms with Crippen LogP contribution in [-0.4, -0.2) is 42.7 Å². The number of methoxy groups -OCH3 is 2. The number of ether oxygens (including phenoxy) is 4. The zero-order chi connectivity index (χ0) is 28.3. The summed E-state index contributed by atoms with van der Waals surface area (Å²) >= 11 is 0. The van der Waals surface area contributed by atoms with Crippen LogP contribution < -0.4 is 20.7 Å². The second-order valence-corrected chi connectivity index (χ2v) is 9.67. The molecule has 1 aromatic heterocycles. The predicted octanol–water partition coefficient (Wildman–Crippen LogP) is 4.50. The van der Waals surface area contributed by atoms with Crippen molar-refractivity contribution in [1.29, 1.82) is 0 Å². The van der Waals surface area contributed by atoms with E-state index >= 15 is 4.39 Å². The van der Waals surface area contributed by atoms with Crippen molar-refractivity contribution in [3.8, 4) is 11.5 Å². The van der Waals surface area contributed by atoms with Crippen molar-refractivity contribution in [1.82, 2.24) is 9.55 Å². The zero-order valence-corrected chi connectivity index (χ0v) is 22.5. The lowest BCUT2D eigenvalue weighted by atomic mass is 9.80. The van der Waals surface area contributed by atoms with Gasteiger partial charge in [-0.2, -0.15) is 0 Å². The predicted molar refractivity (Wildman–Crippen MR) is 148 cm³/mol. The number of aromatic amines is 1. The zero-order valence-electron chi connectivity index (χ0n) is 22.5. The fourth-order valence-electron chi connectivity index (χ4n) is 5.09. The number of H-pyrrole nitrogens is 1. The number of hydrogen-bond acceptors (Lipinski definition) is 6. The first-order valence-electron chi connectivity index (χ1n) is 13.0. The summed E-state index contributed by atoms with van der Waals surface area (Å²) in [6.07, 6.45) is -1.89. The Morgan fingerprint density at radius 3 is 2.00 bits per heavy atom. The Labute approximate surface area is 230 Å². The third kappa shape index (κ3) is 5.17. The molecular formula is C31H31FN2O6. The molecular weight excluding hydrogens is 514 g/mol. The number of aryl methyl sites for hydroxylation is 1. The van der Waals surface area contributed by atoms with Crippen molar-refractivity contribution < 1.29 is 23.3 Å². The van der Waals surface area contributed by atoms with Crippen molar-refractivity contribution in [2.24, 2.45) is 0 Å². The smallest absolute Gasteiger partial charge is 0.330 e. The fourth-order valence-corrected chi connectivity index (χ4v) is 5.09. The molecule has 3 atom stereocenters. The fraction of sp³-hybridized carbons (Fsp3) is 0.290. The number of benzene rings is 3. The van der Waals surface area contributed by atoms with Gasteiger partial charge >= 0.3 is 5.69 Å². The van der Waals surface area contributed by atoms with Crippen LogP contribution in [0.5, 0.6) is 11.5 Å². The lowest BCUT2D eigenvalue weighted by Crippen LogP contribution is -2.37. The van der Waals surface area contributed by atoms with Gasteiger partial charge in [0.25, 0.3) is 5.56 Å². The molecule has 0 saturated carbocycles. The largest absolute Gasteiger partial charge is 0.497 e. The highest BCUT2D eigenvalue weighted by Gasteiger charge is 2.42. The molecule has 0 amide bonds. The van der Waals surface area contributed by atoms with Crippen LogP contribution >= 0.6 is 0 Å². The molecule has 0 aliphatic carbocycles. The molecule has 1 fully saturated rings. The van der Waals surface area contributed by atoms with E-state index in [1.54, 1.807) is 21.1 Å². The maximum absolute atomic E-state index is 15.4. The minimum absolute atomic E-state index is 0.0528. The molecule has 1 saturated heterocycles. The van der Waals surface area contributed by atoms with Crippen LogP contribution in [0, 0.1) is 6.92 Å². The maximum Gasteiger partial charge on any atom is 0.330 e. The lowest BCUT2D eigenvalue weighted by molar-refractivity contribution is -0.0868. The van der Waals surface area contributed by atoms with E-state index in [-0.39, 0.29) is 13.0 Å². The number of aromatic nitrogens is 2. The van der Waals surface area contributed by atoms with Crippen LogP contribution in [0.2, 0.25) is 0 Å². The van der Waals surface area contributed by atoms with E-state index in [1.165, 1.54) is 10.8 Å². The van der Waals surface area contributed by atoms with Crippen molar-refractivity contribution >= 4 is 0 Å². The number of nitrogens with zero attached hydrogens (tertiary/aromatic N) is 1. The highest BCUT2D eigenvalue weighted by atomic mass is 18.2. The minimum Gasteiger partial charge on any atom is -0.497 e. The van der Waals surface area contributed by atoms with Crippen molar-refractivity contribution in [3.63, 3.8) is 0 Å². The average Bonchev–Trinajstić information content (AvgIpc) is 3.36. The molecule has 1 aliphatic heterocycles. The van der Waals surface area contributed by atoms with E-state index in [4.69, 9.17) is 18.9 Å². The van der Waals surface area contributed by atoms with Crippen LogP contribution in [0.15, 0.2) is 94.6 Å². The Morgan fingerprint density at radius 1 is 0.900 bits per heavy atom. The molecule has 8 nitrogen and oxygen atoms in total. The molecule has 5 rings (SSSR count). The van der Waals surface area contributed by atoms with Gasteiger partial charge in [-0.15, -0.1) is 0 Å². The number of hydrogen-bond donors (Lipinski definition) is 1. The molecule has 4 aromatic rings. The standard InChI is InChI=1S/C31H31FN2O6/c1-20-18-34(30(36)33-29(20)35)28-17-26(32)27(40-28)19-39-31(21-7-5-4-6-8-21,22-9-13-24(37-2)14-10-22)23-11-15-25(38-3)16-12-23/h4-16,18,26-28H,17,19H2,1-3H3,(H,33,35,36)/t26-,27+,28+/m0/s1/i32-1. The summed E-state index contributed by atoms with van der Waals surface area (Å²) in [6.45, 7) is 1.47. The van der Waals surface area contributed by atoms with Crippen molar-refractivity contribution in [2.45, 2.75) is 37.4 Å². The van der Waals surface area contributed by atoms with Crippen molar-refractivity contribution in [2.75, 3.05) is 20.8 Å². The molecule has 0 spiro atoms. The van der Waals surface area contributed by atoms with Gasteiger partial charge in [0.2, 0.25) is 0 Å². The topological polar surface area (TPSA) is 91.8 Å². The SMILES string of the molecule is COc1ccc(C(OC[C@H]2O[C@@H](n3cc(C)c(=O)[nH]c3=O)C[C@@H]2[18F])(c2ccccc2)c2ccc(OC)cc2)cc1. The summed E-state index contributed by atoms with van der Waals surface area (Å²) in [7, 11) is 3.20. The first kappa shape index (κ1) is 27.4. The highest BCUT2D eigenvalue weighted by molar-refractivity contribution is 5.49. The molecule has 9 heteroatoms. The summed E-state index contributed by atoms with van der Waals surface area (Å²) in [5.74, 6) is 1.38. The molecule has 0 bridgehead atoms. The number of nitrogens with one attached hydrogen (secondary N) is 1. The molecule has 1 N–H and O–H groups in total. The van der Waals surface area contributed by atoms with E-state index in [9.17, 15) is 9.59 Å². The van der Waals surface area contributed by atoms with Crippen LogP contribution in [0.3, 0.4) is 0 Å². The maximum atomic E-state index is 15.4. The second-order valence-electron chi connectivity index (χ2n) is 9.67. The van der Waals surface area contributed by atoms with E-state index in [1.807, 2.05) is 78.9 Å². The molecule has 208 valence electrons. The third-order valence-electron chi connectivity index (χ3n) is 7.26. The number of halogens is 1. The van der Waals surface area contributed by atoms with Gasteiger partial charge in [0.15, 0.2) is 0 Å². The van der Waals surface area contributed by atoms with Gasteiger partial charge in [-0.05, 0) is 47.9 Å². The minimum atomic E-state index is -1.40. The molecule has 40 heavy (non-hydrogen) atoms. The lowest BCUT2D eigenvalue weighted by Gasteiger charge is -2.37. The van der Waals surface area contributed by atoms with Gasteiger partial charge in [0.1, 0.15) is 35.6 Å². The van der Waals surface area contributed by atoms with Gasteiger partial charge in [0, 0.05) is 18.2 Å². The van der Waals surface area contributed by atoms with Crippen molar-refractivity contribution in [3.05, 3.63) is 128 Å². The third-order valence-corrected chi connectivity index (χ3v) is 7.26. The second kappa shape index (κ2) is 11.5. The van der Waals surface area contributed by atoms with E-state index < -0.39 is 35.4 Å². The van der Waals surface area contributed by atoms with Gasteiger partial charge in [-0.1, -0.05) is 54.6 Å². The van der Waals surface area contributed by atoms with E-state index in [2.05, 4.69) is 4.98 Å². The summed E-state index contributed by atoms with van der Waals surface area (Å²) < 4.78 is 40.1. The Balaban J connectivity index is 1.54. The Bertz CT molecular complexity index is 1500. The van der Waals surface area contributed by atoms with Gasteiger partial charge in [-0.25, -0.2) is 9.18 Å². The quantitative estimate of drug-likeness (QED) is 0.312. The molecule has 3 aromatic carbocycles. The summed E-state index contributed by atoms with van der Waals surface area (Å²) in [5, 5.41) is 0. The van der Waals surface area contributed by atoms with Crippen LogP contribution in [0.1, 0.15) is 34.9 Å². The first-order chi connectivity index (χ1) is 19.3. The molecule has 0 unspecified atom stereocenters. The van der Waals surface area contributed by atoms with Crippen LogP contribution in [-0.2, 0) is 15.1 Å². The van der Waals surface area contributed by atoms with Gasteiger partial charge in [-0.3, -0.25) is 14.3 Å². The number of rotatable bonds is 9. The van der Waals surface area contributed by atoms with E-state index in [0.29, 0.717) is 17.1 Å². The summed E-state index contributed by atoms with van der Waals surface area (Å²) in [4.78, 5) is 26.5. The van der Waals surface area contributed by atoms with Gasteiger partial charge < -0.3 is 18.9 Å². The highest BCUT2D eigenvalue weighted by Crippen LogP contribution is 2.43. The Hall–Kier alpha value is -4.21. The average molecular weight is 546 g/mol. The Morgan fingerprint density at radius 2 is 1.45 bits per heavy atom. The Kier molecular flexibility index (Phi) is 7.86. The monoisotopic (exact) mass is 545 g/mol. The van der Waals surface area contributed by atoms with Crippen LogP contribution in [0.4, 0.5) is 4.39 Å². The van der Waals surface area contributed by atoms with E-state index in [0.717, 1.165) is 16.7 Å². The van der Waals surface area contributed by atoms with Crippen LogP contribution in [0.25, 0.3) is 0 Å². The summed E-state index contributed by atoms with van der Waals surface area (Å²) in [6, 6.07) is 24.8.